The summed E-state index contributed by atoms with van der Waals surface area (Å²) in [6.07, 6.45) is 1.10. The van der Waals surface area contributed by atoms with Crippen LogP contribution in [0, 0.1) is 13.8 Å². The smallest absolute Gasteiger partial charge is 0.247 e. The van der Waals surface area contributed by atoms with Crippen LogP contribution in [0.1, 0.15) is 25.0 Å². The largest absolute Gasteiger partial charge is 0.494 e. The number of anilines is 2. The summed E-state index contributed by atoms with van der Waals surface area (Å²) < 4.78 is 31.3. The van der Waals surface area contributed by atoms with Gasteiger partial charge >= 0.3 is 0 Å². The van der Waals surface area contributed by atoms with Crippen LogP contribution < -0.4 is 14.4 Å². The quantitative estimate of drug-likeness (QED) is 0.785. The van der Waals surface area contributed by atoms with Crippen LogP contribution in [0.3, 0.4) is 0 Å². The van der Waals surface area contributed by atoms with E-state index in [0.29, 0.717) is 23.7 Å². The minimum absolute atomic E-state index is 0.413. The van der Waals surface area contributed by atoms with Crippen molar-refractivity contribution in [3.63, 3.8) is 0 Å². The van der Waals surface area contributed by atoms with Crippen molar-refractivity contribution >= 4 is 27.3 Å². The number of amides is 1. The predicted octanol–water partition coefficient (Wildman–Crippen LogP) is 3.50. The van der Waals surface area contributed by atoms with E-state index in [1.807, 2.05) is 26.8 Å². The molecule has 0 unspecified atom stereocenters. The number of benzene rings is 2. The third kappa shape index (κ3) is 5.47. The van der Waals surface area contributed by atoms with Crippen LogP contribution in [0.5, 0.6) is 5.75 Å². The summed E-state index contributed by atoms with van der Waals surface area (Å²) in [5.41, 5.74) is 2.91. The zero-order chi connectivity index (χ0) is 20.2. The van der Waals surface area contributed by atoms with E-state index in [0.717, 1.165) is 21.7 Å². The lowest BCUT2D eigenvalue weighted by atomic mass is 10.1. The maximum Gasteiger partial charge on any atom is 0.247 e. The molecule has 0 radical (unpaired) electrons. The maximum absolute atomic E-state index is 12.7. The van der Waals surface area contributed by atoms with E-state index >= 15 is 0 Å². The number of carbonyl (C=O) groups excluding carboxylic acids is 1. The highest BCUT2D eigenvalue weighted by molar-refractivity contribution is 7.92. The van der Waals surface area contributed by atoms with Crippen molar-refractivity contribution in [2.24, 2.45) is 0 Å². The lowest BCUT2D eigenvalue weighted by Gasteiger charge is -2.28. The van der Waals surface area contributed by atoms with Crippen molar-refractivity contribution in [1.29, 1.82) is 0 Å². The molecule has 0 aliphatic carbocycles. The molecule has 0 aliphatic rings. The van der Waals surface area contributed by atoms with Gasteiger partial charge in [0, 0.05) is 5.69 Å². The van der Waals surface area contributed by atoms with Crippen molar-refractivity contribution in [3.8, 4) is 5.75 Å². The highest BCUT2D eigenvalue weighted by atomic mass is 32.2. The molecule has 0 spiro atoms. The summed E-state index contributed by atoms with van der Waals surface area (Å²) in [4.78, 5) is 12.7. The fourth-order valence-corrected chi connectivity index (χ4v) is 4.09. The van der Waals surface area contributed by atoms with Crippen LogP contribution in [-0.4, -0.2) is 33.2 Å². The molecule has 1 atom stereocenters. The topological polar surface area (TPSA) is 75.7 Å². The maximum atomic E-state index is 12.7. The second-order valence-corrected chi connectivity index (χ2v) is 8.39. The van der Waals surface area contributed by atoms with Gasteiger partial charge in [0.1, 0.15) is 11.8 Å². The molecule has 2 aromatic rings. The summed E-state index contributed by atoms with van der Waals surface area (Å²) in [6.45, 7) is 7.80. The molecule has 0 saturated carbocycles. The Kier molecular flexibility index (Phi) is 6.49. The van der Waals surface area contributed by atoms with E-state index in [4.69, 9.17) is 4.74 Å². The first-order valence-corrected chi connectivity index (χ1v) is 10.6. The van der Waals surface area contributed by atoms with E-state index < -0.39 is 22.0 Å². The van der Waals surface area contributed by atoms with Crippen LogP contribution >= 0.6 is 0 Å². The van der Waals surface area contributed by atoms with E-state index in [1.54, 1.807) is 43.3 Å². The van der Waals surface area contributed by atoms with E-state index in [1.165, 1.54) is 0 Å². The van der Waals surface area contributed by atoms with Gasteiger partial charge < -0.3 is 10.1 Å². The lowest BCUT2D eigenvalue weighted by molar-refractivity contribution is -0.116. The molecule has 0 aliphatic heterocycles. The molecule has 0 heterocycles. The number of rotatable bonds is 7. The van der Waals surface area contributed by atoms with Crippen LogP contribution in [-0.2, 0) is 14.8 Å². The number of nitrogens with one attached hydrogen (secondary N) is 1. The molecule has 0 bridgehead atoms. The van der Waals surface area contributed by atoms with Crippen molar-refractivity contribution in [3.05, 3.63) is 53.6 Å². The first-order valence-electron chi connectivity index (χ1n) is 8.73. The number of nitrogens with zero attached hydrogens (tertiary/aromatic N) is 1. The summed E-state index contributed by atoms with van der Waals surface area (Å²) in [6, 6.07) is 11.5. The molecule has 0 aromatic heterocycles. The van der Waals surface area contributed by atoms with Gasteiger partial charge in [-0.1, -0.05) is 6.07 Å². The van der Waals surface area contributed by atoms with E-state index in [-0.39, 0.29) is 0 Å². The van der Waals surface area contributed by atoms with Gasteiger partial charge in [-0.15, -0.1) is 0 Å². The third-order valence-electron chi connectivity index (χ3n) is 3.98. The standard InChI is InChI=1S/C20H26N2O4S/c1-6-26-19-9-7-17(8-10-19)21-20(23)16(4)22(27(5,24)25)18-12-14(2)11-15(3)13-18/h7-13,16H,6H2,1-5H3,(H,21,23)/t16-/m1/s1. The molecule has 0 saturated heterocycles. The second kappa shape index (κ2) is 8.43. The normalized spacial score (nSPS) is 12.3. The van der Waals surface area contributed by atoms with Crippen molar-refractivity contribution in [2.75, 3.05) is 22.5 Å². The number of hydrogen-bond acceptors (Lipinski definition) is 4. The summed E-state index contributed by atoms with van der Waals surface area (Å²) >= 11 is 0. The third-order valence-corrected chi connectivity index (χ3v) is 5.22. The first-order chi connectivity index (χ1) is 12.6. The molecular weight excluding hydrogens is 364 g/mol. The van der Waals surface area contributed by atoms with Crippen LogP contribution in [0.15, 0.2) is 42.5 Å². The first kappa shape index (κ1) is 20.8. The van der Waals surface area contributed by atoms with Crippen molar-refractivity contribution < 1.29 is 17.9 Å². The molecule has 1 amide bonds. The monoisotopic (exact) mass is 390 g/mol. The Morgan fingerprint density at radius 1 is 1.11 bits per heavy atom. The average molecular weight is 391 g/mol. The highest BCUT2D eigenvalue weighted by Gasteiger charge is 2.29. The fourth-order valence-electron chi connectivity index (χ4n) is 2.93. The van der Waals surface area contributed by atoms with Gasteiger partial charge in [-0.25, -0.2) is 8.42 Å². The summed E-state index contributed by atoms with van der Waals surface area (Å²) in [5, 5.41) is 2.76. The van der Waals surface area contributed by atoms with Crippen LogP contribution in [0.4, 0.5) is 11.4 Å². The van der Waals surface area contributed by atoms with Gasteiger partial charge in [-0.3, -0.25) is 9.10 Å². The molecule has 2 rings (SSSR count). The van der Waals surface area contributed by atoms with Gasteiger partial charge in [-0.2, -0.15) is 0 Å². The predicted molar refractivity (Wildman–Crippen MR) is 109 cm³/mol. The van der Waals surface area contributed by atoms with E-state index in [9.17, 15) is 13.2 Å². The Hall–Kier alpha value is -2.54. The van der Waals surface area contributed by atoms with Crippen molar-refractivity contribution in [1.82, 2.24) is 0 Å². The van der Waals surface area contributed by atoms with Crippen molar-refractivity contribution in [2.45, 2.75) is 33.7 Å². The van der Waals surface area contributed by atoms with Crippen LogP contribution in [0.2, 0.25) is 0 Å². The van der Waals surface area contributed by atoms with Crippen LogP contribution in [0.25, 0.3) is 0 Å². The Labute approximate surface area is 161 Å². The Balaban J connectivity index is 2.26. The SMILES string of the molecule is CCOc1ccc(NC(=O)[C@@H](C)N(c2cc(C)cc(C)c2)S(C)(=O)=O)cc1. The van der Waals surface area contributed by atoms with Gasteiger partial charge in [0.05, 0.1) is 18.6 Å². The van der Waals surface area contributed by atoms with Gasteiger partial charge in [-0.05, 0) is 75.2 Å². The number of aryl methyl sites for hydroxylation is 2. The Morgan fingerprint density at radius 3 is 2.15 bits per heavy atom. The molecule has 2 aromatic carbocycles. The Bertz CT molecular complexity index is 888. The molecule has 1 N–H and O–H groups in total. The number of hydrogen-bond donors (Lipinski definition) is 1. The lowest BCUT2D eigenvalue weighted by Crippen LogP contribution is -2.45. The van der Waals surface area contributed by atoms with E-state index in [2.05, 4.69) is 5.32 Å². The minimum atomic E-state index is -3.65. The fraction of sp³-hybridized carbons (Fsp3) is 0.350. The average Bonchev–Trinajstić information content (AvgIpc) is 2.54. The highest BCUT2D eigenvalue weighted by Crippen LogP contribution is 2.24. The number of ether oxygens (including phenoxy) is 1. The molecule has 6 nitrogen and oxygen atoms in total. The number of sulfonamides is 1. The molecule has 146 valence electrons. The molecular formula is C20H26N2O4S. The summed E-state index contributed by atoms with van der Waals surface area (Å²) in [7, 11) is -3.65. The van der Waals surface area contributed by atoms with Gasteiger partial charge in [0.25, 0.3) is 0 Å². The zero-order valence-electron chi connectivity index (χ0n) is 16.3. The van der Waals surface area contributed by atoms with Gasteiger partial charge in [0.2, 0.25) is 15.9 Å². The zero-order valence-corrected chi connectivity index (χ0v) is 17.1. The molecule has 27 heavy (non-hydrogen) atoms. The molecule has 7 heteroatoms. The van der Waals surface area contributed by atoms with Gasteiger partial charge in [0.15, 0.2) is 0 Å². The Morgan fingerprint density at radius 2 is 1.67 bits per heavy atom. The summed E-state index contributed by atoms with van der Waals surface area (Å²) in [5.74, 6) is 0.292. The second-order valence-electron chi connectivity index (χ2n) is 6.53. The number of carbonyl (C=O) groups is 1. The minimum Gasteiger partial charge on any atom is -0.494 e. The molecule has 0 fully saturated rings.